The maximum Gasteiger partial charge on any atom is 0.317 e. The molecule has 0 aromatic carbocycles. The summed E-state index contributed by atoms with van der Waals surface area (Å²) in [6.07, 6.45) is 6.03. The van der Waals surface area contributed by atoms with Crippen LogP contribution in [0.4, 0.5) is 4.79 Å². The Balaban J connectivity index is 1.28. The number of halogens is 1. The topological polar surface area (TPSA) is 122 Å². The monoisotopic (exact) mass is 628 g/mol. The molecule has 3 saturated heterocycles. The lowest BCUT2D eigenvalue weighted by atomic mass is 10.1. The van der Waals surface area contributed by atoms with Crippen molar-refractivity contribution in [1.82, 2.24) is 29.6 Å². The van der Waals surface area contributed by atoms with E-state index in [-0.39, 0.29) is 36.5 Å². The third kappa shape index (κ3) is 8.66. The molecule has 0 radical (unpaired) electrons. The van der Waals surface area contributed by atoms with E-state index in [4.69, 9.17) is 11.6 Å². The van der Waals surface area contributed by atoms with E-state index in [0.29, 0.717) is 41.7 Å². The van der Waals surface area contributed by atoms with E-state index in [1.54, 1.807) is 17.0 Å². The van der Waals surface area contributed by atoms with E-state index in [1.165, 1.54) is 22.3 Å². The van der Waals surface area contributed by atoms with Crippen molar-refractivity contribution in [2.75, 3.05) is 52.9 Å². The van der Waals surface area contributed by atoms with E-state index in [0.717, 1.165) is 50.7 Å². The fourth-order valence-electron chi connectivity index (χ4n) is 5.74. The third-order valence-electron chi connectivity index (χ3n) is 7.98. The van der Waals surface area contributed by atoms with Gasteiger partial charge in [0.2, 0.25) is 21.8 Å². The SMILES string of the molecule is CCCNC(=O)N(C)C1CCN(CC2CCCN2C(=O)CN2CCCC(NS(=O)(=O)/C=C/c3ccc(Cl)s3)C2=O)C1. The highest BCUT2D eigenvalue weighted by atomic mass is 35.5. The summed E-state index contributed by atoms with van der Waals surface area (Å²) in [5.41, 5.74) is 0. The summed E-state index contributed by atoms with van der Waals surface area (Å²) < 4.78 is 28.3. The summed E-state index contributed by atoms with van der Waals surface area (Å²) in [7, 11) is -2.02. The molecular weight excluding hydrogens is 588 g/mol. The summed E-state index contributed by atoms with van der Waals surface area (Å²) >= 11 is 7.16. The lowest BCUT2D eigenvalue weighted by Crippen LogP contribution is -2.55. The van der Waals surface area contributed by atoms with Crippen LogP contribution in [0.15, 0.2) is 17.5 Å². The summed E-state index contributed by atoms with van der Waals surface area (Å²) in [5.74, 6) is -0.478. The number of piperidine rings is 1. The lowest BCUT2D eigenvalue weighted by molar-refractivity contribution is -0.143. The van der Waals surface area contributed by atoms with E-state index in [1.807, 2.05) is 18.9 Å². The molecule has 3 aliphatic rings. The Kier molecular flexibility index (Phi) is 11.1. The minimum absolute atomic E-state index is 0.0494. The van der Waals surface area contributed by atoms with Crippen LogP contribution in [0.3, 0.4) is 0 Å². The Morgan fingerprint density at radius 3 is 2.68 bits per heavy atom. The number of carbonyl (C=O) groups is 3. The maximum absolute atomic E-state index is 13.4. The number of likely N-dealkylation sites (tertiary alicyclic amines) is 3. The molecule has 3 atom stereocenters. The summed E-state index contributed by atoms with van der Waals surface area (Å²) in [5, 5.41) is 3.97. The number of likely N-dealkylation sites (N-methyl/N-ethyl adjacent to an activating group) is 1. The van der Waals surface area contributed by atoms with Crippen LogP contribution in [0, 0.1) is 0 Å². The van der Waals surface area contributed by atoms with Crippen LogP contribution in [0.1, 0.15) is 50.3 Å². The highest BCUT2D eigenvalue weighted by Crippen LogP contribution is 2.24. The molecule has 3 aliphatic heterocycles. The van der Waals surface area contributed by atoms with Gasteiger partial charge >= 0.3 is 6.03 Å². The van der Waals surface area contributed by atoms with Crippen LogP contribution in [-0.2, 0) is 19.6 Å². The molecule has 3 unspecified atom stereocenters. The van der Waals surface area contributed by atoms with Crippen molar-refractivity contribution in [3.8, 4) is 0 Å². The van der Waals surface area contributed by atoms with Crippen LogP contribution in [0.5, 0.6) is 0 Å². The number of rotatable bonds is 11. The molecule has 41 heavy (non-hydrogen) atoms. The highest BCUT2D eigenvalue weighted by Gasteiger charge is 2.37. The average Bonchev–Trinajstić information content (AvgIpc) is 3.70. The van der Waals surface area contributed by atoms with Gasteiger partial charge in [0.1, 0.15) is 6.04 Å². The third-order valence-corrected chi connectivity index (χ3v) is 10.3. The predicted octanol–water partition coefficient (Wildman–Crippen LogP) is 2.40. The van der Waals surface area contributed by atoms with Gasteiger partial charge in [0.25, 0.3) is 0 Å². The van der Waals surface area contributed by atoms with Gasteiger partial charge in [-0.2, -0.15) is 4.72 Å². The molecule has 0 bridgehead atoms. The molecule has 0 saturated carbocycles. The van der Waals surface area contributed by atoms with E-state index < -0.39 is 16.1 Å². The largest absolute Gasteiger partial charge is 0.338 e. The fourth-order valence-corrected chi connectivity index (χ4v) is 7.81. The molecule has 0 aliphatic carbocycles. The van der Waals surface area contributed by atoms with Crippen LogP contribution >= 0.6 is 22.9 Å². The van der Waals surface area contributed by atoms with Crippen molar-refractivity contribution in [1.29, 1.82) is 0 Å². The van der Waals surface area contributed by atoms with Gasteiger partial charge in [-0.25, -0.2) is 13.2 Å². The number of nitrogens with zero attached hydrogens (tertiary/aromatic N) is 4. The molecule has 3 fully saturated rings. The van der Waals surface area contributed by atoms with Crippen molar-refractivity contribution in [2.45, 2.75) is 63.6 Å². The van der Waals surface area contributed by atoms with Crippen molar-refractivity contribution in [3.63, 3.8) is 0 Å². The number of sulfonamides is 1. The smallest absolute Gasteiger partial charge is 0.317 e. The fraction of sp³-hybridized carbons (Fsp3) is 0.667. The van der Waals surface area contributed by atoms with Crippen LogP contribution in [0.25, 0.3) is 6.08 Å². The van der Waals surface area contributed by atoms with Gasteiger partial charge in [-0.15, -0.1) is 11.3 Å². The molecule has 2 N–H and O–H groups in total. The normalized spacial score (nSPS) is 24.0. The summed E-state index contributed by atoms with van der Waals surface area (Å²) in [6, 6.07) is 2.66. The van der Waals surface area contributed by atoms with Crippen LogP contribution in [-0.4, -0.2) is 117 Å². The zero-order valence-corrected chi connectivity index (χ0v) is 26.1. The van der Waals surface area contributed by atoms with Gasteiger partial charge in [0, 0.05) is 68.7 Å². The second kappa shape index (κ2) is 14.3. The van der Waals surface area contributed by atoms with E-state index in [2.05, 4.69) is 14.9 Å². The number of thiophene rings is 1. The standard InChI is InChI=1S/C27H41ClN6O5S2/c1-3-12-29-27(37)31(2)20-10-15-32(17-20)18-21-6-4-14-34(21)25(35)19-33-13-5-7-23(26(33)36)30-41(38,39)16-11-22-8-9-24(28)40-22/h8-9,11,16,20-21,23,30H,3-7,10,12-15,17-19H2,1-2H3,(H,29,37)/b16-11+. The molecular formula is C27H41ClN6O5S2. The molecule has 11 nitrogen and oxygen atoms in total. The Bertz CT molecular complexity index is 1220. The van der Waals surface area contributed by atoms with Crippen molar-refractivity contribution in [3.05, 3.63) is 26.8 Å². The minimum Gasteiger partial charge on any atom is -0.338 e. The number of hydrogen-bond donors (Lipinski definition) is 2. The second-order valence-corrected chi connectivity index (χ2v) is 14.3. The molecule has 0 spiro atoms. The number of hydrogen-bond acceptors (Lipinski definition) is 7. The first kappa shape index (κ1) is 31.7. The first-order valence-electron chi connectivity index (χ1n) is 14.3. The van der Waals surface area contributed by atoms with Crippen LogP contribution < -0.4 is 10.0 Å². The Morgan fingerprint density at radius 2 is 1.95 bits per heavy atom. The first-order valence-corrected chi connectivity index (χ1v) is 17.1. The molecule has 1 aromatic rings. The number of urea groups is 1. The molecule has 4 rings (SSSR count). The van der Waals surface area contributed by atoms with E-state index in [9.17, 15) is 22.8 Å². The summed E-state index contributed by atoms with van der Waals surface area (Å²) in [4.78, 5) is 47.0. The van der Waals surface area contributed by atoms with Gasteiger partial charge in [0.15, 0.2) is 0 Å². The quantitative estimate of drug-likeness (QED) is 0.388. The Morgan fingerprint density at radius 1 is 1.17 bits per heavy atom. The van der Waals surface area contributed by atoms with Gasteiger partial charge < -0.3 is 20.0 Å². The highest BCUT2D eigenvalue weighted by molar-refractivity contribution is 7.92. The summed E-state index contributed by atoms with van der Waals surface area (Å²) in [6.45, 7) is 6.08. The molecule has 1 aromatic heterocycles. The maximum atomic E-state index is 13.4. The van der Waals surface area contributed by atoms with Gasteiger partial charge in [0.05, 0.1) is 10.9 Å². The number of nitrogens with one attached hydrogen (secondary N) is 2. The van der Waals surface area contributed by atoms with Crippen molar-refractivity contribution < 1.29 is 22.8 Å². The minimum atomic E-state index is -3.86. The van der Waals surface area contributed by atoms with Gasteiger partial charge in [-0.05, 0) is 56.7 Å². The predicted molar refractivity (Wildman–Crippen MR) is 161 cm³/mol. The van der Waals surface area contributed by atoms with Crippen molar-refractivity contribution in [2.24, 2.45) is 0 Å². The Hall–Kier alpha value is -2.19. The van der Waals surface area contributed by atoms with Crippen molar-refractivity contribution >= 4 is 56.9 Å². The molecule has 14 heteroatoms. The average molecular weight is 629 g/mol. The van der Waals surface area contributed by atoms with Gasteiger partial charge in [-0.1, -0.05) is 18.5 Å². The zero-order chi connectivity index (χ0) is 29.6. The number of amides is 4. The molecule has 4 amide bonds. The van der Waals surface area contributed by atoms with Crippen LogP contribution in [0.2, 0.25) is 4.34 Å². The second-order valence-electron chi connectivity index (χ2n) is 11.0. The first-order chi connectivity index (χ1) is 19.6. The Labute approximate surface area is 251 Å². The molecule has 4 heterocycles. The molecule has 228 valence electrons. The van der Waals surface area contributed by atoms with Gasteiger partial charge in [-0.3, -0.25) is 14.5 Å². The lowest BCUT2D eigenvalue weighted by Gasteiger charge is -2.34. The zero-order valence-electron chi connectivity index (χ0n) is 23.8. The van der Waals surface area contributed by atoms with E-state index >= 15 is 0 Å². The number of carbonyl (C=O) groups excluding carboxylic acids is 3.